The second kappa shape index (κ2) is 6.29. The third kappa shape index (κ3) is 3.23. The molecule has 1 fully saturated rings. The summed E-state index contributed by atoms with van der Waals surface area (Å²) in [5, 5.41) is 9.40. The molecule has 3 N–H and O–H groups in total. The fourth-order valence-electron chi connectivity index (χ4n) is 2.95. The second-order valence-electron chi connectivity index (χ2n) is 5.86. The number of piperidine rings is 1. The molecule has 0 spiro atoms. The minimum atomic E-state index is -4.02. The Morgan fingerprint density at radius 3 is 2.57 bits per heavy atom. The van der Waals surface area contributed by atoms with Crippen LogP contribution in [0.5, 0.6) is 0 Å². The Morgan fingerprint density at radius 1 is 1.35 bits per heavy atom. The van der Waals surface area contributed by atoms with E-state index in [1.807, 2.05) is 0 Å². The molecule has 1 aliphatic rings. The largest absolute Gasteiger partial charge is 0.480 e. The lowest BCUT2D eigenvalue weighted by Crippen LogP contribution is -2.51. The first kappa shape index (κ1) is 17.4. The van der Waals surface area contributed by atoms with Crippen LogP contribution >= 0.6 is 0 Å². The number of hydrogen-bond acceptors (Lipinski definition) is 4. The van der Waals surface area contributed by atoms with Crippen molar-refractivity contribution in [2.75, 3.05) is 6.54 Å². The number of hydrogen-bond donors (Lipinski definition) is 2. The van der Waals surface area contributed by atoms with Gasteiger partial charge in [-0.25, -0.2) is 8.42 Å². The van der Waals surface area contributed by atoms with Gasteiger partial charge in [0.1, 0.15) is 6.04 Å². The second-order valence-corrected chi connectivity index (χ2v) is 7.75. The smallest absolute Gasteiger partial charge is 0.322 e. The molecule has 1 aromatic rings. The zero-order valence-electron chi connectivity index (χ0n) is 13.0. The summed E-state index contributed by atoms with van der Waals surface area (Å²) in [4.78, 5) is 22.8. The van der Waals surface area contributed by atoms with Crippen molar-refractivity contribution in [3.8, 4) is 0 Å². The molecule has 2 unspecified atom stereocenters. The molecule has 1 amide bonds. The average Bonchev–Trinajstić information content (AvgIpc) is 2.46. The number of carboxylic acid groups (broad SMARTS) is 1. The summed E-state index contributed by atoms with van der Waals surface area (Å²) < 4.78 is 26.7. The van der Waals surface area contributed by atoms with Gasteiger partial charge in [-0.2, -0.15) is 4.31 Å². The third-order valence-corrected chi connectivity index (χ3v) is 6.10. The predicted molar refractivity (Wildman–Crippen MR) is 83.4 cm³/mol. The summed E-state index contributed by atoms with van der Waals surface area (Å²) in [5.74, 6) is -2.17. The van der Waals surface area contributed by atoms with Gasteiger partial charge in [0.05, 0.1) is 4.90 Å². The lowest BCUT2D eigenvalue weighted by atomic mass is 9.93. The Hall–Kier alpha value is -1.93. The van der Waals surface area contributed by atoms with E-state index in [0.717, 1.165) is 4.31 Å². The molecule has 0 bridgehead atoms. The van der Waals surface area contributed by atoms with Gasteiger partial charge in [-0.15, -0.1) is 0 Å². The van der Waals surface area contributed by atoms with E-state index in [0.29, 0.717) is 18.4 Å². The number of rotatable bonds is 4. The van der Waals surface area contributed by atoms with E-state index in [9.17, 15) is 23.1 Å². The van der Waals surface area contributed by atoms with Gasteiger partial charge in [-0.1, -0.05) is 13.0 Å². The zero-order chi connectivity index (χ0) is 17.4. The van der Waals surface area contributed by atoms with Crippen LogP contribution in [0.4, 0.5) is 0 Å². The summed E-state index contributed by atoms with van der Waals surface area (Å²) in [7, 11) is -4.02. The highest BCUT2D eigenvalue weighted by Crippen LogP contribution is 2.30. The average molecular weight is 340 g/mol. The van der Waals surface area contributed by atoms with Crippen LogP contribution in [0.2, 0.25) is 0 Å². The Kier molecular flexibility index (Phi) is 4.76. The van der Waals surface area contributed by atoms with E-state index in [4.69, 9.17) is 5.73 Å². The molecule has 23 heavy (non-hydrogen) atoms. The van der Waals surface area contributed by atoms with Crippen LogP contribution in [0.15, 0.2) is 23.1 Å². The summed E-state index contributed by atoms with van der Waals surface area (Å²) in [6.07, 6.45) is 1.25. The minimum Gasteiger partial charge on any atom is -0.480 e. The normalized spacial score (nSPS) is 22.7. The Morgan fingerprint density at radius 2 is 2.00 bits per heavy atom. The predicted octanol–water partition coefficient (Wildman–Crippen LogP) is 0.968. The number of aliphatic carboxylic acids is 1. The number of primary amides is 1. The molecule has 0 aliphatic carbocycles. The number of carbonyl (C=O) groups excluding carboxylic acids is 1. The molecule has 126 valence electrons. The molecule has 0 radical (unpaired) electrons. The van der Waals surface area contributed by atoms with Gasteiger partial charge >= 0.3 is 5.97 Å². The van der Waals surface area contributed by atoms with Crippen molar-refractivity contribution in [3.63, 3.8) is 0 Å². The molecular formula is C15H20N2O5S. The van der Waals surface area contributed by atoms with Crippen LogP contribution in [-0.2, 0) is 14.8 Å². The van der Waals surface area contributed by atoms with Gasteiger partial charge in [0.25, 0.3) is 0 Å². The first-order valence-electron chi connectivity index (χ1n) is 7.31. The minimum absolute atomic E-state index is 0.114. The molecule has 1 aliphatic heterocycles. The molecule has 2 atom stereocenters. The third-order valence-electron chi connectivity index (χ3n) is 4.22. The van der Waals surface area contributed by atoms with E-state index in [-0.39, 0.29) is 22.9 Å². The molecule has 1 heterocycles. The highest BCUT2D eigenvalue weighted by Gasteiger charge is 2.41. The van der Waals surface area contributed by atoms with Gasteiger partial charge in [0.2, 0.25) is 15.9 Å². The maximum absolute atomic E-state index is 12.8. The molecule has 8 heteroatoms. The highest BCUT2D eigenvalue weighted by atomic mass is 32.2. The number of carboxylic acids is 1. The molecule has 1 aromatic carbocycles. The quantitative estimate of drug-likeness (QED) is 0.846. The van der Waals surface area contributed by atoms with Gasteiger partial charge in [-0.3, -0.25) is 9.59 Å². The molecule has 2 rings (SSSR count). The SMILES string of the molecule is Cc1ccc(S(=O)(=O)N2CCCC(C)C2C(=O)O)cc1C(N)=O. The summed E-state index contributed by atoms with van der Waals surface area (Å²) in [6.45, 7) is 3.52. The van der Waals surface area contributed by atoms with Crippen molar-refractivity contribution < 1.29 is 23.1 Å². The van der Waals surface area contributed by atoms with Crippen LogP contribution in [0, 0.1) is 12.8 Å². The monoisotopic (exact) mass is 340 g/mol. The number of sulfonamides is 1. The molecule has 0 saturated carbocycles. The summed E-state index contributed by atoms with van der Waals surface area (Å²) >= 11 is 0. The van der Waals surface area contributed by atoms with Crippen LogP contribution in [0.3, 0.4) is 0 Å². The van der Waals surface area contributed by atoms with Crippen LogP contribution in [0.1, 0.15) is 35.7 Å². The number of aryl methyl sites for hydroxylation is 1. The molecule has 1 saturated heterocycles. The highest BCUT2D eigenvalue weighted by molar-refractivity contribution is 7.89. The zero-order valence-corrected chi connectivity index (χ0v) is 13.8. The first-order chi connectivity index (χ1) is 10.7. The van der Waals surface area contributed by atoms with Crippen LogP contribution in [-0.4, -0.2) is 42.3 Å². The van der Waals surface area contributed by atoms with Gasteiger partial charge in [0.15, 0.2) is 0 Å². The van der Waals surface area contributed by atoms with E-state index < -0.39 is 27.9 Å². The lowest BCUT2D eigenvalue weighted by molar-refractivity contribution is -0.144. The number of amides is 1. The van der Waals surface area contributed by atoms with Gasteiger partial charge in [0, 0.05) is 12.1 Å². The van der Waals surface area contributed by atoms with E-state index in [1.165, 1.54) is 18.2 Å². The number of nitrogens with two attached hydrogens (primary N) is 1. The number of nitrogens with zero attached hydrogens (tertiary/aromatic N) is 1. The van der Waals surface area contributed by atoms with Crippen molar-refractivity contribution in [2.45, 2.75) is 37.6 Å². The van der Waals surface area contributed by atoms with Crippen molar-refractivity contribution in [2.24, 2.45) is 11.7 Å². The molecular weight excluding hydrogens is 320 g/mol. The fourth-order valence-corrected chi connectivity index (χ4v) is 4.69. The number of carbonyl (C=O) groups is 2. The Bertz CT molecular complexity index is 744. The van der Waals surface area contributed by atoms with E-state index >= 15 is 0 Å². The maximum atomic E-state index is 12.8. The van der Waals surface area contributed by atoms with E-state index in [2.05, 4.69) is 0 Å². The topological polar surface area (TPSA) is 118 Å². The van der Waals surface area contributed by atoms with Crippen molar-refractivity contribution >= 4 is 21.9 Å². The fraction of sp³-hybridized carbons (Fsp3) is 0.467. The standard InChI is InChI=1S/C15H20N2O5S/c1-9-5-6-11(8-12(9)14(16)18)23(21,22)17-7-3-4-10(2)13(17)15(19)20/h5-6,8,10,13H,3-4,7H2,1-2H3,(H2,16,18)(H,19,20). The van der Waals surface area contributed by atoms with E-state index in [1.54, 1.807) is 13.8 Å². The Labute approximate surface area is 135 Å². The van der Waals surface area contributed by atoms with Gasteiger partial charge in [-0.05, 0) is 43.4 Å². The van der Waals surface area contributed by atoms with Crippen LogP contribution in [0.25, 0.3) is 0 Å². The maximum Gasteiger partial charge on any atom is 0.322 e. The number of benzene rings is 1. The van der Waals surface area contributed by atoms with Crippen molar-refractivity contribution in [3.05, 3.63) is 29.3 Å². The lowest BCUT2D eigenvalue weighted by Gasteiger charge is -2.36. The van der Waals surface area contributed by atoms with Crippen molar-refractivity contribution in [1.82, 2.24) is 4.31 Å². The summed E-state index contributed by atoms with van der Waals surface area (Å²) in [5.41, 5.74) is 5.94. The molecule has 0 aromatic heterocycles. The van der Waals surface area contributed by atoms with Gasteiger partial charge < -0.3 is 10.8 Å². The molecule has 7 nitrogen and oxygen atoms in total. The van der Waals surface area contributed by atoms with Crippen LogP contribution < -0.4 is 5.73 Å². The first-order valence-corrected chi connectivity index (χ1v) is 8.75. The Balaban J connectivity index is 2.50. The van der Waals surface area contributed by atoms with Crippen molar-refractivity contribution in [1.29, 1.82) is 0 Å². The summed E-state index contributed by atoms with van der Waals surface area (Å²) in [6, 6.07) is 2.98.